The number of aryl methyl sites for hydroxylation is 1. The Morgan fingerprint density at radius 3 is 2.85 bits per heavy atom. The van der Waals surface area contributed by atoms with Gasteiger partial charge in [0.2, 0.25) is 0 Å². The van der Waals surface area contributed by atoms with Gasteiger partial charge < -0.3 is 14.4 Å². The van der Waals surface area contributed by atoms with Gasteiger partial charge in [-0.15, -0.1) is 11.3 Å². The lowest BCUT2D eigenvalue weighted by molar-refractivity contribution is 0.0519. The minimum atomic E-state index is -0.327. The molecule has 0 amide bonds. The van der Waals surface area contributed by atoms with E-state index in [2.05, 4.69) is 9.88 Å². The van der Waals surface area contributed by atoms with Gasteiger partial charge in [0, 0.05) is 31.7 Å². The van der Waals surface area contributed by atoms with Crippen LogP contribution in [-0.4, -0.2) is 44.4 Å². The average Bonchev–Trinajstić information content (AvgIpc) is 2.82. The molecule has 1 aliphatic rings. The van der Waals surface area contributed by atoms with Crippen LogP contribution >= 0.6 is 11.3 Å². The van der Waals surface area contributed by atoms with Gasteiger partial charge in [-0.3, -0.25) is 0 Å². The van der Waals surface area contributed by atoms with Crippen LogP contribution in [0.15, 0.2) is 0 Å². The largest absolute Gasteiger partial charge is 0.461 e. The maximum absolute atomic E-state index is 11.8. The highest BCUT2D eigenvalue weighted by molar-refractivity contribution is 7.15. The maximum Gasteiger partial charge on any atom is 0.358 e. The van der Waals surface area contributed by atoms with E-state index in [4.69, 9.17) is 9.47 Å². The fourth-order valence-electron chi connectivity index (χ4n) is 2.33. The number of thiazole rings is 1. The quantitative estimate of drug-likeness (QED) is 0.782. The molecule has 0 N–H and O–H groups in total. The molecule has 0 radical (unpaired) electrons. The number of nitrogens with zero attached hydrogens (tertiary/aromatic N) is 2. The molecule has 1 saturated heterocycles. The van der Waals surface area contributed by atoms with Crippen molar-refractivity contribution in [2.45, 2.75) is 26.7 Å². The Labute approximate surface area is 123 Å². The van der Waals surface area contributed by atoms with Gasteiger partial charge in [0.15, 0.2) is 10.8 Å². The van der Waals surface area contributed by atoms with Crippen molar-refractivity contribution in [2.75, 3.05) is 38.3 Å². The van der Waals surface area contributed by atoms with E-state index < -0.39 is 0 Å². The molecule has 2 heterocycles. The molecule has 0 unspecified atom stereocenters. The Hall–Kier alpha value is -1.14. The fraction of sp³-hybridized carbons (Fsp3) is 0.714. The Bertz CT molecular complexity index is 455. The van der Waals surface area contributed by atoms with Gasteiger partial charge in [0.05, 0.1) is 6.61 Å². The summed E-state index contributed by atoms with van der Waals surface area (Å²) in [4.78, 5) is 19.3. The first-order valence-electron chi connectivity index (χ1n) is 7.05. The molecule has 0 aliphatic carbocycles. The lowest BCUT2D eigenvalue weighted by Gasteiger charge is -2.26. The summed E-state index contributed by atoms with van der Waals surface area (Å²) in [6.45, 7) is 6.75. The summed E-state index contributed by atoms with van der Waals surface area (Å²) < 4.78 is 10.4. The Balaban J connectivity index is 2.00. The monoisotopic (exact) mass is 298 g/mol. The van der Waals surface area contributed by atoms with Crippen LogP contribution in [0.5, 0.6) is 0 Å². The molecule has 0 spiro atoms. The van der Waals surface area contributed by atoms with Gasteiger partial charge in [-0.1, -0.05) is 0 Å². The number of hydrogen-bond acceptors (Lipinski definition) is 6. The van der Waals surface area contributed by atoms with Crippen LogP contribution in [0.25, 0.3) is 0 Å². The standard InChI is InChI=1S/C14H22N2O3S/c1-4-19-13(17)12-10(2)20-14(15-12)16(3)9-11-5-7-18-8-6-11/h11H,4-9H2,1-3H3. The van der Waals surface area contributed by atoms with Crippen LogP contribution in [-0.2, 0) is 9.47 Å². The van der Waals surface area contributed by atoms with E-state index >= 15 is 0 Å². The smallest absolute Gasteiger partial charge is 0.358 e. The zero-order valence-corrected chi connectivity index (χ0v) is 13.2. The van der Waals surface area contributed by atoms with Crippen molar-refractivity contribution in [1.29, 1.82) is 0 Å². The Kier molecular flexibility index (Phi) is 5.37. The Morgan fingerprint density at radius 2 is 2.20 bits per heavy atom. The van der Waals surface area contributed by atoms with Gasteiger partial charge in [0.1, 0.15) is 0 Å². The van der Waals surface area contributed by atoms with Crippen molar-refractivity contribution < 1.29 is 14.3 Å². The van der Waals surface area contributed by atoms with Crippen LogP contribution in [0, 0.1) is 12.8 Å². The minimum Gasteiger partial charge on any atom is -0.461 e. The van der Waals surface area contributed by atoms with E-state index in [0.717, 1.165) is 42.6 Å². The van der Waals surface area contributed by atoms with Gasteiger partial charge in [0.25, 0.3) is 0 Å². The predicted octanol–water partition coefficient (Wildman–Crippen LogP) is 2.49. The van der Waals surface area contributed by atoms with Crippen molar-refractivity contribution in [2.24, 2.45) is 5.92 Å². The first-order valence-corrected chi connectivity index (χ1v) is 7.87. The fourth-order valence-corrected chi connectivity index (χ4v) is 3.20. The first kappa shape index (κ1) is 15.3. The van der Waals surface area contributed by atoms with Crippen molar-refractivity contribution >= 4 is 22.4 Å². The van der Waals surface area contributed by atoms with Crippen molar-refractivity contribution in [1.82, 2.24) is 4.98 Å². The van der Waals surface area contributed by atoms with Crippen LogP contribution < -0.4 is 4.90 Å². The molecular formula is C14H22N2O3S. The summed E-state index contributed by atoms with van der Waals surface area (Å²) in [6.07, 6.45) is 2.19. The van der Waals surface area contributed by atoms with Crippen molar-refractivity contribution in [3.63, 3.8) is 0 Å². The zero-order chi connectivity index (χ0) is 14.5. The Morgan fingerprint density at radius 1 is 1.50 bits per heavy atom. The lowest BCUT2D eigenvalue weighted by atomic mass is 10.0. The average molecular weight is 298 g/mol. The van der Waals surface area contributed by atoms with Gasteiger partial charge in [-0.2, -0.15) is 0 Å². The predicted molar refractivity (Wildman–Crippen MR) is 79.6 cm³/mol. The van der Waals surface area contributed by atoms with Crippen LogP contribution in [0.3, 0.4) is 0 Å². The van der Waals surface area contributed by atoms with Crippen LogP contribution in [0.2, 0.25) is 0 Å². The molecule has 112 valence electrons. The maximum atomic E-state index is 11.8. The van der Waals surface area contributed by atoms with Crippen LogP contribution in [0.4, 0.5) is 5.13 Å². The summed E-state index contributed by atoms with van der Waals surface area (Å²) in [5.41, 5.74) is 0.450. The SMILES string of the molecule is CCOC(=O)c1nc(N(C)CC2CCOCC2)sc1C. The molecule has 20 heavy (non-hydrogen) atoms. The second kappa shape index (κ2) is 7.04. The summed E-state index contributed by atoms with van der Waals surface area (Å²) >= 11 is 1.55. The highest BCUT2D eigenvalue weighted by Gasteiger charge is 2.21. The first-order chi connectivity index (χ1) is 9.61. The summed E-state index contributed by atoms with van der Waals surface area (Å²) in [7, 11) is 2.03. The van der Waals surface area contributed by atoms with Gasteiger partial charge in [-0.05, 0) is 32.6 Å². The molecule has 0 saturated carbocycles. The molecule has 1 aromatic rings. The topological polar surface area (TPSA) is 51.7 Å². The summed E-state index contributed by atoms with van der Waals surface area (Å²) in [5, 5.41) is 0.886. The second-order valence-corrected chi connectivity index (χ2v) is 6.24. The lowest BCUT2D eigenvalue weighted by Crippen LogP contribution is -2.29. The number of rotatable bonds is 5. The third-order valence-electron chi connectivity index (χ3n) is 3.45. The number of aromatic nitrogens is 1. The van der Waals surface area contributed by atoms with E-state index in [1.54, 1.807) is 18.3 Å². The second-order valence-electron chi connectivity index (χ2n) is 5.06. The third-order valence-corrected chi connectivity index (χ3v) is 4.54. The molecule has 0 atom stereocenters. The molecule has 6 heteroatoms. The number of anilines is 1. The van der Waals surface area contributed by atoms with E-state index in [1.165, 1.54) is 0 Å². The minimum absolute atomic E-state index is 0.327. The molecular weight excluding hydrogens is 276 g/mol. The highest BCUT2D eigenvalue weighted by Crippen LogP contribution is 2.27. The molecule has 5 nitrogen and oxygen atoms in total. The van der Waals surface area contributed by atoms with E-state index in [1.807, 2.05) is 14.0 Å². The molecule has 1 fully saturated rings. The molecule has 0 aromatic carbocycles. The van der Waals surface area contributed by atoms with E-state index in [9.17, 15) is 4.79 Å². The molecule has 0 bridgehead atoms. The van der Waals surface area contributed by atoms with Crippen molar-refractivity contribution in [3.05, 3.63) is 10.6 Å². The normalized spacial score (nSPS) is 16.1. The van der Waals surface area contributed by atoms with Gasteiger partial charge >= 0.3 is 5.97 Å². The molecule has 1 aromatic heterocycles. The number of carbonyl (C=O) groups excluding carboxylic acids is 1. The van der Waals surface area contributed by atoms with E-state index in [-0.39, 0.29) is 5.97 Å². The number of hydrogen-bond donors (Lipinski definition) is 0. The van der Waals surface area contributed by atoms with Crippen molar-refractivity contribution in [3.8, 4) is 0 Å². The summed E-state index contributed by atoms with van der Waals surface area (Å²) in [6, 6.07) is 0. The molecule has 2 rings (SSSR count). The van der Waals surface area contributed by atoms with E-state index in [0.29, 0.717) is 18.2 Å². The van der Waals surface area contributed by atoms with Crippen LogP contribution in [0.1, 0.15) is 35.1 Å². The zero-order valence-electron chi connectivity index (χ0n) is 12.3. The highest BCUT2D eigenvalue weighted by atomic mass is 32.1. The number of esters is 1. The van der Waals surface area contributed by atoms with Gasteiger partial charge in [-0.25, -0.2) is 9.78 Å². The summed E-state index contributed by atoms with van der Waals surface area (Å²) in [5.74, 6) is 0.316. The number of carbonyl (C=O) groups is 1. The molecule has 1 aliphatic heterocycles. The third kappa shape index (κ3) is 3.70. The number of ether oxygens (including phenoxy) is 2.